The van der Waals surface area contributed by atoms with Gasteiger partial charge in [0, 0.05) is 11.8 Å². The summed E-state index contributed by atoms with van der Waals surface area (Å²) in [4.78, 5) is 0.985. The molecule has 0 radical (unpaired) electrons. The average molecular weight is 291 g/mol. The summed E-state index contributed by atoms with van der Waals surface area (Å²) >= 11 is 1.74. The molecule has 1 N–H and O–H groups in total. The van der Waals surface area contributed by atoms with E-state index in [1.165, 1.54) is 50.0 Å². The highest BCUT2D eigenvalue weighted by Gasteiger charge is 2.25. The summed E-state index contributed by atoms with van der Waals surface area (Å²) < 4.78 is 2.04. The maximum Gasteiger partial charge on any atom is 0.234 e. The molecular formula is C14H21N5S. The first-order chi connectivity index (χ1) is 9.92. The molecule has 5 nitrogen and oxygen atoms in total. The standard InChI is InChI=1S/C14H21N5S/c1-2-4-10(5-3-1)12-16-17-14-19(12)18-13(20-14)11-6-8-15-9-7-11/h10-11,15H,1-9H2. The van der Waals surface area contributed by atoms with Crippen LogP contribution in [-0.2, 0) is 0 Å². The van der Waals surface area contributed by atoms with E-state index in [2.05, 4.69) is 15.5 Å². The Morgan fingerprint density at radius 2 is 1.75 bits per heavy atom. The van der Waals surface area contributed by atoms with Crippen LogP contribution in [-0.4, -0.2) is 32.9 Å². The molecule has 0 aromatic carbocycles. The molecule has 0 amide bonds. The van der Waals surface area contributed by atoms with Crippen molar-refractivity contribution >= 4 is 16.3 Å². The van der Waals surface area contributed by atoms with Crippen LogP contribution in [0.25, 0.3) is 4.96 Å². The molecule has 3 heterocycles. The Morgan fingerprint density at radius 1 is 0.950 bits per heavy atom. The molecule has 1 saturated carbocycles. The Labute approximate surface area is 122 Å². The van der Waals surface area contributed by atoms with Crippen LogP contribution in [0.5, 0.6) is 0 Å². The smallest absolute Gasteiger partial charge is 0.234 e. The summed E-state index contributed by atoms with van der Waals surface area (Å²) in [5, 5.41) is 18.3. The summed E-state index contributed by atoms with van der Waals surface area (Å²) in [7, 11) is 0. The van der Waals surface area contributed by atoms with Crippen molar-refractivity contribution in [3.63, 3.8) is 0 Å². The second kappa shape index (κ2) is 5.41. The molecule has 1 aliphatic carbocycles. The number of piperidine rings is 1. The number of hydrogen-bond donors (Lipinski definition) is 1. The highest BCUT2D eigenvalue weighted by Crippen LogP contribution is 2.34. The maximum atomic E-state index is 4.85. The molecule has 1 aliphatic heterocycles. The molecule has 4 rings (SSSR count). The lowest BCUT2D eigenvalue weighted by molar-refractivity contribution is 0.420. The number of fused-ring (bicyclic) bond motifs is 1. The largest absolute Gasteiger partial charge is 0.317 e. The van der Waals surface area contributed by atoms with E-state index in [4.69, 9.17) is 5.10 Å². The van der Waals surface area contributed by atoms with E-state index in [1.807, 2.05) is 4.52 Å². The Hall–Kier alpha value is -1.01. The molecule has 0 unspecified atom stereocenters. The predicted molar refractivity (Wildman–Crippen MR) is 79.3 cm³/mol. The molecule has 2 aromatic rings. The summed E-state index contributed by atoms with van der Waals surface area (Å²) in [5.74, 6) is 2.29. The van der Waals surface area contributed by atoms with Gasteiger partial charge in [-0.1, -0.05) is 30.6 Å². The van der Waals surface area contributed by atoms with Gasteiger partial charge in [0.15, 0.2) is 5.82 Å². The Balaban J connectivity index is 1.63. The third kappa shape index (κ3) is 2.24. The zero-order chi connectivity index (χ0) is 13.4. The van der Waals surface area contributed by atoms with E-state index in [9.17, 15) is 0 Å². The third-order valence-corrected chi connectivity index (χ3v) is 5.75. The van der Waals surface area contributed by atoms with Gasteiger partial charge in [0.05, 0.1) is 0 Å². The lowest BCUT2D eigenvalue weighted by Crippen LogP contribution is -2.26. The second-order valence-corrected chi connectivity index (χ2v) is 7.04. The van der Waals surface area contributed by atoms with Crippen LogP contribution in [0.15, 0.2) is 0 Å². The lowest BCUT2D eigenvalue weighted by Gasteiger charge is -2.20. The minimum atomic E-state index is 0.571. The Bertz CT molecular complexity index is 577. The molecule has 0 atom stereocenters. The fourth-order valence-electron chi connectivity index (χ4n) is 3.50. The summed E-state index contributed by atoms with van der Waals surface area (Å²) in [6.07, 6.45) is 8.92. The van der Waals surface area contributed by atoms with Gasteiger partial charge in [-0.3, -0.25) is 0 Å². The van der Waals surface area contributed by atoms with Gasteiger partial charge in [0.2, 0.25) is 4.96 Å². The number of aromatic nitrogens is 4. The first kappa shape index (κ1) is 12.7. The lowest BCUT2D eigenvalue weighted by atomic mass is 9.89. The fourth-order valence-corrected chi connectivity index (χ4v) is 4.51. The second-order valence-electron chi connectivity index (χ2n) is 6.05. The molecule has 108 valence electrons. The zero-order valence-corrected chi connectivity index (χ0v) is 12.5. The van der Waals surface area contributed by atoms with E-state index in [0.29, 0.717) is 11.8 Å². The van der Waals surface area contributed by atoms with E-state index in [-0.39, 0.29) is 0 Å². The van der Waals surface area contributed by atoms with Gasteiger partial charge in [-0.05, 0) is 38.8 Å². The molecule has 2 aromatic heterocycles. The van der Waals surface area contributed by atoms with Gasteiger partial charge in [-0.25, -0.2) is 0 Å². The van der Waals surface area contributed by atoms with Crippen molar-refractivity contribution in [2.75, 3.05) is 13.1 Å². The predicted octanol–water partition coefficient (Wildman–Crippen LogP) is 2.70. The summed E-state index contributed by atoms with van der Waals surface area (Å²) in [6, 6.07) is 0. The molecule has 2 aliphatic rings. The van der Waals surface area contributed by atoms with Crippen molar-refractivity contribution in [2.24, 2.45) is 0 Å². The third-order valence-electron chi connectivity index (χ3n) is 4.69. The molecule has 2 fully saturated rings. The van der Waals surface area contributed by atoms with Gasteiger partial charge in [0.25, 0.3) is 0 Å². The van der Waals surface area contributed by atoms with Crippen LogP contribution >= 0.6 is 11.3 Å². The number of nitrogens with zero attached hydrogens (tertiary/aromatic N) is 4. The van der Waals surface area contributed by atoms with Crippen LogP contribution < -0.4 is 5.32 Å². The first-order valence-corrected chi connectivity index (χ1v) is 8.66. The monoisotopic (exact) mass is 291 g/mol. The highest BCUT2D eigenvalue weighted by atomic mass is 32.1. The van der Waals surface area contributed by atoms with Gasteiger partial charge < -0.3 is 5.32 Å². The minimum Gasteiger partial charge on any atom is -0.317 e. The number of hydrogen-bond acceptors (Lipinski definition) is 5. The topological polar surface area (TPSA) is 55.1 Å². The number of nitrogens with one attached hydrogen (secondary N) is 1. The minimum absolute atomic E-state index is 0.571. The van der Waals surface area contributed by atoms with E-state index in [0.717, 1.165) is 23.9 Å². The molecule has 20 heavy (non-hydrogen) atoms. The summed E-state index contributed by atoms with van der Waals surface area (Å²) in [6.45, 7) is 2.22. The molecule has 0 bridgehead atoms. The van der Waals surface area contributed by atoms with Gasteiger partial charge in [-0.2, -0.15) is 9.61 Å². The normalized spacial score (nSPS) is 22.6. The fraction of sp³-hybridized carbons (Fsp3) is 0.786. The van der Waals surface area contributed by atoms with Crippen LogP contribution in [0.2, 0.25) is 0 Å². The van der Waals surface area contributed by atoms with Crippen LogP contribution in [0.1, 0.15) is 67.6 Å². The Kier molecular flexibility index (Phi) is 3.44. The molecular weight excluding hydrogens is 270 g/mol. The van der Waals surface area contributed by atoms with E-state index in [1.54, 1.807) is 11.3 Å². The van der Waals surface area contributed by atoms with Gasteiger partial charge in [0.1, 0.15) is 5.01 Å². The van der Waals surface area contributed by atoms with E-state index < -0.39 is 0 Å². The van der Waals surface area contributed by atoms with Gasteiger partial charge in [-0.15, -0.1) is 10.2 Å². The molecule has 1 saturated heterocycles. The molecule has 6 heteroatoms. The average Bonchev–Trinajstić information content (AvgIpc) is 3.09. The quantitative estimate of drug-likeness (QED) is 0.924. The highest BCUT2D eigenvalue weighted by molar-refractivity contribution is 7.16. The van der Waals surface area contributed by atoms with Crippen molar-refractivity contribution < 1.29 is 0 Å². The van der Waals surface area contributed by atoms with Crippen molar-refractivity contribution in [1.29, 1.82) is 0 Å². The summed E-state index contributed by atoms with van der Waals surface area (Å²) in [5.41, 5.74) is 0. The van der Waals surface area contributed by atoms with Gasteiger partial charge >= 0.3 is 0 Å². The molecule has 0 spiro atoms. The van der Waals surface area contributed by atoms with Crippen molar-refractivity contribution in [3.05, 3.63) is 10.8 Å². The maximum absolute atomic E-state index is 4.85. The SMILES string of the molecule is C1CCC(c2nnc3sc(C4CCNCC4)nn23)CC1. The van der Waals surface area contributed by atoms with Crippen LogP contribution in [0.4, 0.5) is 0 Å². The Morgan fingerprint density at radius 3 is 2.55 bits per heavy atom. The van der Waals surface area contributed by atoms with Crippen molar-refractivity contribution in [2.45, 2.75) is 56.8 Å². The number of rotatable bonds is 2. The van der Waals surface area contributed by atoms with E-state index >= 15 is 0 Å². The van der Waals surface area contributed by atoms with Crippen LogP contribution in [0, 0.1) is 0 Å². The van der Waals surface area contributed by atoms with Crippen molar-refractivity contribution in [3.8, 4) is 0 Å². The zero-order valence-electron chi connectivity index (χ0n) is 11.7. The van der Waals surface area contributed by atoms with Crippen molar-refractivity contribution in [1.82, 2.24) is 25.1 Å². The first-order valence-electron chi connectivity index (χ1n) is 7.84. The van der Waals surface area contributed by atoms with Crippen LogP contribution in [0.3, 0.4) is 0 Å².